The molecule has 1 aromatic rings. The summed E-state index contributed by atoms with van der Waals surface area (Å²) in [7, 11) is -0.312. The maximum Gasteiger partial charge on any atom is 0.407 e. The Morgan fingerprint density at radius 1 is 1.38 bits per heavy atom. The van der Waals surface area contributed by atoms with Crippen LogP contribution in [-0.2, 0) is 15.8 Å². The molecule has 150 valence electrons. The lowest BCUT2D eigenvalue weighted by Gasteiger charge is -2.35. The van der Waals surface area contributed by atoms with Gasteiger partial charge in [-0.1, -0.05) is 34.6 Å². The van der Waals surface area contributed by atoms with Crippen molar-refractivity contribution in [3.8, 4) is 0 Å². The summed E-state index contributed by atoms with van der Waals surface area (Å²) in [6.07, 6.45) is -1.31. The van der Waals surface area contributed by atoms with Crippen molar-refractivity contribution in [1.29, 1.82) is 0 Å². The number of carbonyl (C=O) groups is 1. The maximum atomic E-state index is 11.5. The van der Waals surface area contributed by atoms with Gasteiger partial charge in [0.15, 0.2) is 8.32 Å². The molecule has 1 aromatic heterocycles. The number of alkyl carbamates (subject to hydrolysis) is 1. The van der Waals surface area contributed by atoms with Crippen molar-refractivity contribution in [2.75, 3.05) is 7.05 Å². The van der Waals surface area contributed by atoms with Gasteiger partial charge in [-0.25, -0.2) is 9.78 Å². The molecule has 1 heterocycles. The Bertz CT molecular complexity index is 584. The second-order valence-electron chi connectivity index (χ2n) is 8.42. The molecule has 0 unspecified atom stereocenters. The van der Waals surface area contributed by atoms with E-state index >= 15 is 0 Å². The molecule has 0 radical (unpaired) electrons. The molecule has 0 aromatic carbocycles. The van der Waals surface area contributed by atoms with Crippen molar-refractivity contribution in [3.05, 3.63) is 16.1 Å². The number of ether oxygens (including phenoxy) is 1. The predicted octanol–water partition coefficient (Wildman–Crippen LogP) is 4.47. The van der Waals surface area contributed by atoms with Gasteiger partial charge in [0, 0.05) is 18.8 Å². The highest BCUT2D eigenvalue weighted by atomic mass is 32.1. The first kappa shape index (κ1) is 23.1. The molecule has 2 N–H and O–H groups in total. The van der Waals surface area contributed by atoms with Crippen molar-refractivity contribution in [3.63, 3.8) is 0 Å². The second kappa shape index (κ2) is 9.30. The minimum absolute atomic E-state index is 0.100. The van der Waals surface area contributed by atoms with Gasteiger partial charge in [-0.2, -0.15) is 0 Å². The summed E-state index contributed by atoms with van der Waals surface area (Å²) in [6, 6.07) is 0. The van der Waals surface area contributed by atoms with Crippen LogP contribution in [0.4, 0.5) is 4.79 Å². The fourth-order valence-electron chi connectivity index (χ4n) is 1.99. The van der Waals surface area contributed by atoms with Gasteiger partial charge in [-0.15, -0.1) is 11.3 Å². The van der Waals surface area contributed by atoms with Gasteiger partial charge in [0.05, 0.1) is 12.3 Å². The topological polar surface area (TPSA) is 80.7 Å². The van der Waals surface area contributed by atoms with E-state index < -0.39 is 20.5 Å². The van der Waals surface area contributed by atoms with E-state index in [0.29, 0.717) is 18.0 Å². The van der Waals surface area contributed by atoms with E-state index in [1.165, 1.54) is 18.4 Å². The average molecular weight is 403 g/mol. The number of aliphatic hydroxyl groups excluding tert-OH is 1. The highest BCUT2D eigenvalue weighted by molar-refractivity contribution is 7.09. The number of nitrogens with one attached hydrogen (secondary N) is 1. The number of hydrogen-bond donors (Lipinski definition) is 2. The average Bonchev–Trinajstić information content (AvgIpc) is 3.00. The molecule has 0 fully saturated rings. The number of hydrogen-bond acceptors (Lipinski definition) is 6. The third-order valence-electron chi connectivity index (χ3n) is 4.90. The Labute approximate surface area is 162 Å². The largest absolute Gasteiger partial charge is 0.446 e. The second-order valence-corrected chi connectivity index (χ2v) is 14.1. The molecule has 0 bridgehead atoms. The smallest absolute Gasteiger partial charge is 0.407 e. The van der Waals surface area contributed by atoms with Gasteiger partial charge >= 0.3 is 6.09 Å². The van der Waals surface area contributed by atoms with Crippen molar-refractivity contribution in [1.82, 2.24) is 10.3 Å². The molecule has 6 nitrogen and oxygen atoms in total. The molecule has 2 atom stereocenters. The highest BCUT2D eigenvalue weighted by Crippen LogP contribution is 2.37. The molecule has 0 saturated heterocycles. The zero-order chi connectivity index (χ0) is 20.1. The SMILES string of the molecule is CNC(=O)O[C@H](C[C@H](O)c1nc(CO[Si](C)(C)C(C)(C)C)cs1)C(C)C. The van der Waals surface area contributed by atoms with E-state index in [4.69, 9.17) is 9.16 Å². The van der Waals surface area contributed by atoms with E-state index in [1.807, 2.05) is 19.2 Å². The van der Waals surface area contributed by atoms with Crippen LogP contribution in [0.25, 0.3) is 0 Å². The van der Waals surface area contributed by atoms with Gasteiger partial charge in [0.2, 0.25) is 0 Å². The Morgan fingerprint density at radius 2 is 2.00 bits per heavy atom. The standard InChI is InChI=1S/C18H34N2O4SSi/c1-12(2)15(24-17(22)19-6)9-14(21)16-20-13(11-25-16)10-23-26(7,8)18(3,4)5/h11-12,14-15,21H,9-10H2,1-8H3,(H,19,22)/t14-,15+/m0/s1. The summed E-state index contributed by atoms with van der Waals surface area (Å²) < 4.78 is 11.5. The molecule has 0 aliphatic rings. The quantitative estimate of drug-likeness (QED) is 0.627. The van der Waals surface area contributed by atoms with Crippen LogP contribution >= 0.6 is 11.3 Å². The van der Waals surface area contributed by atoms with Crippen LogP contribution < -0.4 is 5.32 Å². The number of thiazole rings is 1. The number of aliphatic hydroxyl groups is 1. The molecule has 0 aliphatic carbocycles. The zero-order valence-corrected chi connectivity index (χ0v) is 19.1. The maximum absolute atomic E-state index is 11.5. The number of nitrogens with zero attached hydrogens (tertiary/aromatic N) is 1. The number of rotatable bonds is 8. The van der Waals surface area contributed by atoms with Crippen LogP contribution in [0.15, 0.2) is 5.38 Å². The van der Waals surface area contributed by atoms with Crippen LogP contribution in [0.2, 0.25) is 18.1 Å². The molecular formula is C18H34N2O4SSi. The summed E-state index contributed by atoms with van der Waals surface area (Å²) in [5.74, 6) is 0.100. The minimum Gasteiger partial charge on any atom is -0.446 e. The highest BCUT2D eigenvalue weighted by Gasteiger charge is 2.37. The lowest BCUT2D eigenvalue weighted by atomic mass is 10.0. The van der Waals surface area contributed by atoms with Crippen LogP contribution in [0.5, 0.6) is 0 Å². The van der Waals surface area contributed by atoms with Crippen molar-refractivity contribution in [2.45, 2.75) is 78.0 Å². The lowest BCUT2D eigenvalue weighted by molar-refractivity contribution is 0.0307. The molecule has 1 amide bonds. The van der Waals surface area contributed by atoms with E-state index in [0.717, 1.165) is 5.69 Å². The summed E-state index contributed by atoms with van der Waals surface area (Å²) in [5.41, 5.74) is 0.835. The van der Waals surface area contributed by atoms with Gasteiger partial charge < -0.3 is 19.6 Å². The van der Waals surface area contributed by atoms with Gasteiger partial charge in [0.1, 0.15) is 17.2 Å². The minimum atomic E-state index is -1.83. The van der Waals surface area contributed by atoms with Crippen LogP contribution in [0, 0.1) is 5.92 Å². The van der Waals surface area contributed by atoms with E-state index in [9.17, 15) is 9.90 Å². The summed E-state index contributed by atoms with van der Waals surface area (Å²) >= 11 is 1.41. The molecule has 0 spiro atoms. The Morgan fingerprint density at radius 3 is 2.50 bits per heavy atom. The lowest BCUT2D eigenvalue weighted by Crippen LogP contribution is -2.40. The van der Waals surface area contributed by atoms with Crippen LogP contribution in [0.1, 0.15) is 57.8 Å². The summed E-state index contributed by atoms with van der Waals surface area (Å²) in [5, 5.41) is 15.6. The first-order chi connectivity index (χ1) is 11.9. The van der Waals surface area contributed by atoms with Crippen molar-refractivity contribution in [2.24, 2.45) is 5.92 Å². The van der Waals surface area contributed by atoms with Crippen LogP contribution in [0.3, 0.4) is 0 Å². The predicted molar refractivity (Wildman–Crippen MR) is 108 cm³/mol. The molecule has 0 saturated carbocycles. The van der Waals surface area contributed by atoms with Crippen molar-refractivity contribution >= 4 is 25.7 Å². The molecule has 0 aliphatic heterocycles. The Kier molecular flexibility index (Phi) is 8.25. The van der Waals surface area contributed by atoms with Gasteiger partial charge in [0.25, 0.3) is 0 Å². The molecule has 1 rings (SSSR count). The molecular weight excluding hydrogens is 368 g/mol. The first-order valence-corrected chi connectivity index (χ1v) is 12.8. The monoisotopic (exact) mass is 402 g/mol. The van der Waals surface area contributed by atoms with E-state index in [2.05, 4.69) is 44.2 Å². The van der Waals surface area contributed by atoms with Crippen LogP contribution in [-0.4, -0.2) is 37.7 Å². The van der Waals surface area contributed by atoms with Gasteiger partial charge in [-0.05, 0) is 24.1 Å². The fraction of sp³-hybridized carbons (Fsp3) is 0.778. The third-order valence-corrected chi connectivity index (χ3v) is 10.4. The number of amides is 1. The summed E-state index contributed by atoms with van der Waals surface area (Å²) in [4.78, 5) is 16.0. The Hall–Kier alpha value is -0.963. The Balaban J connectivity index is 2.69. The first-order valence-electron chi connectivity index (χ1n) is 9.02. The molecule has 26 heavy (non-hydrogen) atoms. The molecule has 8 heteroatoms. The van der Waals surface area contributed by atoms with Gasteiger partial charge in [-0.3, -0.25) is 0 Å². The normalized spacial score (nSPS) is 15.0. The summed E-state index contributed by atoms with van der Waals surface area (Å²) in [6.45, 7) is 15.4. The fourth-order valence-corrected chi connectivity index (χ4v) is 3.73. The van der Waals surface area contributed by atoms with E-state index in [1.54, 1.807) is 0 Å². The van der Waals surface area contributed by atoms with Crippen molar-refractivity contribution < 1.29 is 19.1 Å². The van der Waals surface area contributed by atoms with E-state index in [-0.39, 0.29) is 17.1 Å². The number of carbonyl (C=O) groups excluding carboxylic acids is 1. The third kappa shape index (κ3) is 6.64. The zero-order valence-electron chi connectivity index (χ0n) is 17.3. The number of aromatic nitrogens is 1.